The fourth-order valence-electron chi connectivity index (χ4n) is 3.71. The molecule has 0 saturated carbocycles. The minimum Gasteiger partial charge on any atom is -0.508 e. The highest BCUT2D eigenvalue weighted by molar-refractivity contribution is 5.79. The maximum atomic E-state index is 10.6. The Morgan fingerprint density at radius 2 is 1.80 bits per heavy atom. The molecule has 0 bridgehead atoms. The van der Waals surface area contributed by atoms with Gasteiger partial charge in [-0.2, -0.15) is 0 Å². The number of amides is 1. The Morgan fingerprint density at radius 1 is 1.11 bits per heavy atom. The van der Waals surface area contributed by atoms with Crippen molar-refractivity contribution in [2.45, 2.75) is 24.0 Å². The van der Waals surface area contributed by atoms with Gasteiger partial charge in [0.05, 0.1) is 13.2 Å². The van der Waals surface area contributed by atoms with E-state index in [-0.39, 0.29) is 12.5 Å². The van der Waals surface area contributed by atoms with Gasteiger partial charge in [0.15, 0.2) is 12.6 Å². The standard InChI is InChI=1S/C17H19NO4.C9H12N2O2/c1-19-15-10-14(9-8-13-6-4-3-5-7-13)11-16(18)17(15,20-2)22-12-21-16;10-8(9(11)13)5-6-1-3-7(12)4-2-6/h3-11H,12,18H2,1-2H3;1-4,8,12H,5,10H2,(H2,11,13)/b9-8-;/t;8-/m.0/s1. The van der Waals surface area contributed by atoms with Crippen molar-refractivity contribution in [1.29, 1.82) is 0 Å². The number of phenolic OH excluding ortho intramolecular Hbond substituents is 1. The molecule has 2 unspecified atom stereocenters. The van der Waals surface area contributed by atoms with Crippen molar-refractivity contribution in [2.75, 3.05) is 21.0 Å². The highest BCUT2D eigenvalue weighted by Crippen LogP contribution is 2.44. The molecule has 1 amide bonds. The Morgan fingerprint density at radius 3 is 2.40 bits per heavy atom. The Balaban J connectivity index is 0.000000225. The number of carbonyl (C=O) groups excluding carboxylic acids is 1. The van der Waals surface area contributed by atoms with Crippen molar-refractivity contribution >= 4 is 12.0 Å². The second-order valence-corrected chi connectivity index (χ2v) is 8.00. The molecule has 2 aromatic rings. The first-order chi connectivity index (χ1) is 16.7. The number of benzene rings is 2. The second-order valence-electron chi connectivity index (χ2n) is 8.00. The zero-order valence-corrected chi connectivity index (χ0v) is 19.7. The quantitative estimate of drug-likeness (QED) is 0.468. The second kappa shape index (κ2) is 11.3. The van der Waals surface area contributed by atoms with Crippen LogP contribution in [-0.4, -0.2) is 49.6 Å². The third-order valence-electron chi connectivity index (χ3n) is 5.61. The predicted octanol–water partition coefficient (Wildman–Crippen LogP) is 1.92. The molecule has 1 aliphatic heterocycles. The summed E-state index contributed by atoms with van der Waals surface area (Å²) in [6.45, 7) is 0.0389. The van der Waals surface area contributed by atoms with Crippen LogP contribution in [0.25, 0.3) is 6.08 Å². The summed E-state index contributed by atoms with van der Waals surface area (Å²) in [4.78, 5) is 10.6. The summed E-state index contributed by atoms with van der Waals surface area (Å²) in [6, 6.07) is 15.8. The number of hydrogen-bond acceptors (Lipinski definition) is 8. The van der Waals surface area contributed by atoms with Crippen molar-refractivity contribution < 1.29 is 28.8 Å². The van der Waals surface area contributed by atoms with E-state index in [0.29, 0.717) is 12.2 Å². The summed E-state index contributed by atoms with van der Waals surface area (Å²) in [5.74, 6) is -1.10. The maximum absolute atomic E-state index is 10.6. The Hall–Kier alpha value is -3.47. The van der Waals surface area contributed by atoms with Crippen LogP contribution in [-0.2, 0) is 30.2 Å². The predicted molar refractivity (Wildman–Crippen MR) is 131 cm³/mol. The highest BCUT2D eigenvalue weighted by atomic mass is 16.8. The van der Waals surface area contributed by atoms with Gasteiger partial charge in [-0.25, -0.2) is 0 Å². The van der Waals surface area contributed by atoms with Crippen molar-refractivity contribution in [2.24, 2.45) is 17.2 Å². The van der Waals surface area contributed by atoms with Crippen LogP contribution < -0.4 is 17.2 Å². The lowest BCUT2D eigenvalue weighted by molar-refractivity contribution is -0.212. The summed E-state index contributed by atoms with van der Waals surface area (Å²) < 4.78 is 22.0. The van der Waals surface area contributed by atoms with Crippen molar-refractivity contribution in [3.8, 4) is 5.75 Å². The summed E-state index contributed by atoms with van der Waals surface area (Å²) in [5.41, 5.74) is 18.4. The SMILES string of the molecule is COC1=CC(/C=C\c2ccccc2)=CC2(N)OCOC12OC.NC(=O)[C@@H](N)Cc1ccc(O)cc1. The normalized spacial score (nSPS) is 24.0. The van der Waals surface area contributed by atoms with Gasteiger partial charge >= 0.3 is 0 Å². The van der Waals surface area contributed by atoms with Gasteiger partial charge in [0.25, 0.3) is 5.79 Å². The van der Waals surface area contributed by atoms with Gasteiger partial charge < -0.3 is 35.5 Å². The van der Waals surface area contributed by atoms with E-state index < -0.39 is 23.5 Å². The lowest BCUT2D eigenvalue weighted by Crippen LogP contribution is -2.61. The van der Waals surface area contributed by atoms with E-state index in [9.17, 15) is 4.79 Å². The number of aromatic hydroxyl groups is 1. The van der Waals surface area contributed by atoms with Gasteiger partial charge in [0.2, 0.25) is 11.6 Å². The third kappa shape index (κ3) is 5.97. The summed E-state index contributed by atoms with van der Waals surface area (Å²) in [5, 5.41) is 8.98. The largest absolute Gasteiger partial charge is 0.508 e. The van der Waals surface area contributed by atoms with Gasteiger partial charge in [0.1, 0.15) is 5.75 Å². The monoisotopic (exact) mass is 481 g/mol. The molecule has 2 aliphatic rings. The van der Waals surface area contributed by atoms with Crippen LogP contribution >= 0.6 is 0 Å². The first-order valence-electron chi connectivity index (χ1n) is 10.9. The number of primary amides is 1. The molecule has 0 aromatic heterocycles. The molecular formula is C26H31N3O6. The Kier molecular flexibility index (Phi) is 8.44. The van der Waals surface area contributed by atoms with Crippen molar-refractivity contribution in [3.63, 3.8) is 0 Å². The van der Waals surface area contributed by atoms with Crippen LogP contribution in [0.4, 0.5) is 0 Å². The molecule has 9 heteroatoms. The number of methoxy groups -OCH3 is 2. The molecule has 1 fully saturated rings. The number of fused-ring (bicyclic) bond motifs is 1. The first-order valence-corrected chi connectivity index (χ1v) is 10.9. The molecule has 7 N–H and O–H groups in total. The lowest BCUT2D eigenvalue weighted by atomic mass is 9.91. The van der Waals surface area contributed by atoms with E-state index in [1.165, 1.54) is 7.11 Å². The smallest absolute Gasteiger partial charge is 0.277 e. The molecule has 4 rings (SSSR count). The molecule has 186 valence electrons. The summed E-state index contributed by atoms with van der Waals surface area (Å²) in [6.07, 6.45) is 7.96. The molecule has 1 saturated heterocycles. The number of rotatable bonds is 7. The number of hydrogen-bond donors (Lipinski definition) is 4. The van der Waals surface area contributed by atoms with E-state index in [2.05, 4.69) is 0 Å². The van der Waals surface area contributed by atoms with E-state index in [1.54, 1.807) is 37.5 Å². The number of phenols is 1. The molecule has 3 atom stereocenters. The molecule has 2 aromatic carbocycles. The van der Waals surface area contributed by atoms with Gasteiger partial charge in [-0.15, -0.1) is 0 Å². The highest BCUT2D eigenvalue weighted by Gasteiger charge is 2.61. The van der Waals surface area contributed by atoms with Crippen LogP contribution in [0.5, 0.6) is 5.75 Å². The van der Waals surface area contributed by atoms with E-state index in [1.807, 2.05) is 48.6 Å². The molecule has 0 radical (unpaired) electrons. The number of nitrogens with two attached hydrogens (primary N) is 3. The van der Waals surface area contributed by atoms with Crippen LogP contribution in [0, 0.1) is 0 Å². The fraction of sp³-hybridized carbons (Fsp3) is 0.269. The van der Waals surface area contributed by atoms with Gasteiger partial charge in [-0.3, -0.25) is 10.5 Å². The maximum Gasteiger partial charge on any atom is 0.277 e. The third-order valence-corrected chi connectivity index (χ3v) is 5.61. The first kappa shape index (κ1) is 26.1. The Labute approximate surface area is 204 Å². The number of carbonyl (C=O) groups is 1. The van der Waals surface area contributed by atoms with Crippen LogP contribution in [0.3, 0.4) is 0 Å². The van der Waals surface area contributed by atoms with Crippen LogP contribution in [0.15, 0.2) is 84.2 Å². The summed E-state index contributed by atoms with van der Waals surface area (Å²) in [7, 11) is 3.07. The topological polar surface area (TPSA) is 152 Å². The number of allylic oxidation sites excluding steroid dienone is 3. The zero-order valence-electron chi connectivity index (χ0n) is 19.7. The van der Waals surface area contributed by atoms with E-state index in [4.69, 9.17) is 41.3 Å². The average molecular weight is 482 g/mol. The lowest BCUT2D eigenvalue weighted by Gasteiger charge is -2.39. The van der Waals surface area contributed by atoms with Gasteiger partial charge in [0, 0.05) is 7.11 Å². The minimum absolute atomic E-state index is 0.0389. The Bertz CT molecular complexity index is 1100. The van der Waals surface area contributed by atoms with E-state index >= 15 is 0 Å². The molecule has 0 spiro atoms. The molecular weight excluding hydrogens is 450 g/mol. The molecule has 1 heterocycles. The van der Waals surface area contributed by atoms with Gasteiger partial charge in [-0.1, -0.05) is 54.6 Å². The molecule has 1 aliphatic carbocycles. The van der Waals surface area contributed by atoms with Crippen LogP contribution in [0.2, 0.25) is 0 Å². The average Bonchev–Trinajstić information content (AvgIpc) is 3.21. The van der Waals surface area contributed by atoms with Gasteiger partial charge in [-0.05, 0) is 47.4 Å². The van der Waals surface area contributed by atoms with Crippen molar-refractivity contribution in [1.82, 2.24) is 0 Å². The summed E-state index contributed by atoms with van der Waals surface area (Å²) >= 11 is 0. The van der Waals surface area contributed by atoms with Crippen LogP contribution in [0.1, 0.15) is 11.1 Å². The fourth-order valence-corrected chi connectivity index (χ4v) is 3.71. The zero-order chi connectivity index (χ0) is 25.5. The molecule has 9 nitrogen and oxygen atoms in total. The minimum atomic E-state index is -1.24. The molecule has 35 heavy (non-hydrogen) atoms. The van der Waals surface area contributed by atoms with E-state index in [0.717, 1.165) is 16.7 Å². The number of ether oxygens (including phenoxy) is 4. The van der Waals surface area contributed by atoms with Crippen molar-refractivity contribution in [3.05, 3.63) is 95.3 Å².